The van der Waals surface area contributed by atoms with Gasteiger partial charge >= 0.3 is 0 Å². The molecule has 0 spiro atoms. The van der Waals surface area contributed by atoms with Crippen molar-refractivity contribution >= 4 is 0 Å². The molecule has 3 nitrogen and oxygen atoms in total. The molecule has 1 aliphatic rings. The van der Waals surface area contributed by atoms with Crippen LogP contribution >= 0.6 is 0 Å². The number of ether oxygens (including phenoxy) is 2. The highest BCUT2D eigenvalue weighted by molar-refractivity contribution is 4.81. The van der Waals surface area contributed by atoms with Crippen LogP contribution in [-0.2, 0) is 9.47 Å². The summed E-state index contributed by atoms with van der Waals surface area (Å²) in [6.07, 6.45) is 2.73. The summed E-state index contributed by atoms with van der Waals surface area (Å²) in [4.78, 5) is 0. The number of hydrogen-bond donors (Lipinski definition) is 1. The second-order valence-electron chi connectivity index (χ2n) is 5.94. The Kier molecular flexibility index (Phi) is 6.45. The van der Waals surface area contributed by atoms with Gasteiger partial charge in [0.05, 0.1) is 13.2 Å². The molecule has 1 unspecified atom stereocenters. The molecule has 17 heavy (non-hydrogen) atoms. The van der Waals surface area contributed by atoms with Crippen molar-refractivity contribution in [3.8, 4) is 0 Å². The maximum Gasteiger partial charge on any atom is 0.0587 e. The van der Waals surface area contributed by atoms with E-state index in [-0.39, 0.29) is 5.41 Å². The minimum absolute atomic E-state index is 0.225. The van der Waals surface area contributed by atoms with Gasteiger partial charge in [-0.15, -0.1) is 0 Å². The third kappa shape index (κ3) is 5.84. The fourth-order valence-electron chi connectivity index (χ4n) is 1.71. The zero-order chi connectivity index (χ0) is 12.7. The summed E-state index contributed by atoms with van der Waals surface area (Å²) >= 11 is 0. The molecule has 0 heterocycles. The Hall–Kier alpha value is -0.120. The number of methoxy groups -OCH3 is 1. The van der Waals surface area contributed by atoms with Crippen molar-refractivity contribution < 1.29 is 9.47 Å². The molecule has 1 fully saturated rings. The van der Waals surface area contributed by atoms with Gasteiger partial charge in [-0.05, 0) is 24.7 Å². The normalized spacial score (nSPS) is 19.6. The van der Waals surface area contributed by atoms with Crippen LogP contribution in [0.1, 0.15) is 33.6 Å². The van der Waals surface area contributed by atoms with Crippen LogP contribution in [-0.4, -0.2) is 40.0 Å². The lowest BCUT2D eigenvalue weighted by Gasteiger charge is -2.34. The van der Waals surface area contributed by atoms with Crippen LogP contribution < -0.4 is 5.32 Å². The van der Waals surface area contributed by atoms with Gasteiger partial charge in [0.15, 0.2) is 0 Å². The molecule has 1 N–H and O–H groups in total. The van der Waals surface area contributed by atoms with Gasteiger partial charge in [0, 0.05) is 32.2 Å². The molecule has 0 aromatic heterocycles. The molecule has 3 heteroatoms. The van der Waals surface area contributed by atoms with Gasteiger partial charge in [0.1, 0.15) is 0 Å². The van der Waals surface area contributed by atoms with E-state index in [0.717, 1.165) is 38.8 Å². The van der Waals surface area contributed by atoms with E-state index >= 15 is 0 Å². The Morgan fingerprint density at radius 3 is 2.59 bits per heavy atom. The first-order valence-electron chi connectivity index (χ1n) is 6.86. The zero-order valence-corrected chi connectivity index (χ0v) is 11.9. The summed E-state index contributed by atoms with van der Waals surface area (Å²) < 4.78 is 10.9. The summed E-state index contributed by atoms with van der Waals surface area (Å²) in [5.74, 6) is 1.48. The lowest BCUT2D eigenvalue weighted by molar-refractivity contribution is 0.0208. The maximum absolute atomic E-state index is 5.87. The van der Waals surface area contributed by atoms with Gasteiger partial charge in [-0.25, -0.2) is 0 Å². The van der Waals surface area contributed by atoms with E-state index in [9.17, 15) is 0 Å². The molecule has 1 atom stereocenters. The van der Waals surface area contributed by atoms with Crippen LogP contribution in [0.4, 0.5) is 0 Å². The number of hydrogen-bond acceptors (Lipinski definition) is 3. The van der Waals surface area contributed by atoms with E-state index in [1.165, 1.54) is 12.8 Å². The van der Waals surface area contributed by atoms with Crippen molar-refractivity contribution in [1.29, 1.82) is 0 Å². The highest BCUT2D eigenvalue weighted by Gasteiger charge is 2.29. The highest BCUT2D eigenvalue weighted by atomic mass is 16.5. The second kappa shape index (κ2) is 7.34. The molecule has 0 amide bonds. The lowest BCUT2D eigenvalue weighted by atomic mass is 9.80. The first-order valence-corrected chi connectivity index (χ1v) is 6.86. The van der Waals surface area contributed by atoms with Gasteiger partial charge in [0.25, 0.3) is 0 Å². The molecule has 0 aliphatic heterocycles. The summed E-state index contributed by atoms with van der Waals surface area (Å²) in [6, 6.07) is 0. The summed E-state index contributed by atoms with van der Waals surface area (Å²) in [5, 5.41) is 3.46. The van der Waals surface area contributed by atoms with Gasteiger partial charge in [-0.2, -0.15) is 0 Å². The molecule has 0 aromatic carbocycles. The third-order valence-electron chi connectivity index (χ3n) is 3.89. The van der Waals surface area contributed by atoms with Crippen molar-refractivity contribution in [1.82, 2.24) is 5.32 Å². The predicted molar refractivity (Wildman–Crippen MR) is 71.2 cm³/mol. The minimum Gasteiger partial charge on any atom is -0.383 e. The molecule has 102 valence electrons. The van der Waals surface area contributed by atoms with Crippen LogP contribution in [0.2, 0.25) is 0 Å². The largest absolute Gasteiger partial charge is 0.383 e. The van der Waals surface area contributed by atoms with Crippen LogP contribution in [0.3, 0.4) is 0 Å². The Balaban J connectivity index is 2.21. The molecule has 0 bridgehead atoms. The third-order valence-corrected chi connectivity index (χ3v) is 3.89. The number of nitrogens with one attached hydrogen (secondary N) is 1. The van der Waals surface area contributed by atoms with E-state index in [4.69, 9.17) is 9.47 Å². The predicted octanol–water partition coefficient (Wildman–Crippen LogP) is 2.31. The van der Waals surface area contributed by atoms with Crippen molar-refractivity contribution in [3.05, 3.63) is 0 Å². The molecule has 1 rings (SSSR count). The second-order valence-corrected chi connectivity index (χ2v) is 5.94. The topological polar surface area (TPSA) is 30.5 Å². The Bertz CT molecular complexity index is 204. The van der Waals surface area contributed by atoms with Crippen LogP contribution in [0.25, 0.3) is 0 Å². The van der Waals surface area contributed by atoms with Gasteiger partial charge in [0.2, 0.25) is 0 Å². The zero-order valence-electron chi connectivity index (χ0n) is 11.9. The average Bonchev–Trinajstić information content (AvgIpc) is 3.08. The van der Waals surface area contributed by atoms with Crippen molar-refractivity contribution in [3.63, 3.8) is 0 Å². The quantitative estimate of drug-likeness (QED) is 0.597. The van der Waals surface area contributed by atoms with Crippen molar-refractivity contribution in [2.75, 3.05) is 40.0 Å². The first-order chi connectivity index (χ1) is 8.08. The van der Waals surface area contributed by atoms with Gasteiger partial charge < -0.3 is 14.8 Å². The minimum atomic E-state index is 0.225. The fraction of sp³-hybridized carbons (Fsp3) is 1.00. The van der Waals surface area contributed by atoms with Gasteiger partial charge in [-0.1, -0.05) is 20.8 Å². The summed E-state index contributed by atoms with van der Waals surface area (Å²) in [5.41, 5.74) is 0.225. The molecule has 1 aliphatic carbocycles. The highest BCUT2D eigenvalue weighted by Crippen LogP contribution is 2.31. The van der Waals surface area contributed by atoms with Gasteiger partial charge in [-0.3, -0.25) is 0 Å². The van der Waals surface area contributed by atoms with E-state index in [2.05, 4.69) is 26.1 Å². The fourth-order valence-corrected chi connectivity index (χ4v) is 1.71. The van der Waals surface area contributed by atoms with Crippen LogP contribution in [0.5, 0.6) is 0 Å². The van der Waals surface area contributed by atoms with E-state index in [1.54, 1.807) is 7.11 Å². The molecule has 1 saturated carbocycles. The van der Waals surface area contributed by atoms with Crippen LogP contribution in [0, 0.1) is 17.3 Å². The first kappa shape index (κ1) is 14.9. The van der Waals surface area contributed by atoms with E-state index in [0.29, 0.717) is 5.92 Å². The smallest absolute Gasteiger partial charge is 0.0587 e. The molecular formula is C14H29NO2. The lowest BCUT2D eigenvalue weighted by Crippen LogP contribution is -2.41. The Morgan fingerprint density at radius 2 is 2.06 bits per heavy atom. The molecular weight excluding hydrogens is 214 g/mol. The average molecular weight is 243 g/mol. The van der Waals surface area contributed by atoms with E-state index < -0.39 is 0 Å². The number of rotatable bonds is 10. The van der Waals surface area contributed by atoms with E-state index in [1.807, 2.05) is 0 Å². The maximum atomic E-state index is 5.87. The van der Waals surface area contributed by atoms with Crippen molar-refractivity contribution in [2.24, 2.45) is 17.3 Å². The molecule has 0 saturated heterocycles. The van der Waals surface area contributed by atoms with Crippen molar-refractivity contribution in [2.45, 2.75) is 33.6 Å². The standard InChI is InChI=1S/C14H29NO2/c1-12(2)14(3,10-15-7-8-16-4)11-17-9-13-5-6-13/h12-13,15H,5-11H2,1-4H3. The monoisotopic (exact) mass is 243 g/mol. The SMILES string of the molecule is COCCNCC(C)(COCC1CC1)C(C)C. The summed E-state index contributed by atoms with van der Waals surface area (Å²) in [6.45, 7) is 11.4. The molecule has 0 aromatic rings. The Morgan fingerprint density at radius 1 is 1.35 bits per heavy atom. The van der Waals surface area contributed by atoms with Crippen LogP contribution in [0.15, 0.2) is 0 Å². The Labute approximate surface area is 106 Å². The molecule has 0 radical (unpaired) electrons. The summed E-state index contributed by atoms with van der Waals surface area (Å²) in [7, 11) is 1.74.